The zero-order valence-corrected chi connectivity index (χ0v) is 11.2. The summed E-state index contributed by atoms with van der Waals surface area (Å²) in [5, 5.41) is 4.03. The van der Waals surface area contributed by atoms with Gasteiger partial charge in [0.25, 0.3) is 0 Å². The molecule has 4 heteroatoms. The van der Waals surface area contributed by atoms with Crippen molar-refractivity contribution in [3.63, 3.8) is 0 Å². The van der Waals surface area contributed by atoms with Crippen molar-refractivity contribution in [3.05, 3.63) is 36.1 Å². The number of fused-ring (bicyclic) bond motifs is 1. The first-order valence-corrected chi connectivity index (χ1v) is 6.62. The molecule has 1 atom stereocenters. The Morgan fingerprint density at radius 1 is 1.42 bits per heavy atom. The molecule has 102 valence electrons. The van der Waals surface area contributed by atoms with Crippen LogP contribution in [-0.4, -0.2) is 19.0 Å². The van der Waals surface area contributed by atoms with E-state index in [1.165, 1.54) is 0 Å². The first-order chi connectivity index (χ1) is 9.20. The molecule has 0 fully saturated rings. The fourth-order valence-electron chi connectivity index (χ4n) is 2.03. The van der Waals surface area contributed by atoms with Crippen LogP contribution in [-0.2, 0) is 11.2 Å². The van der Waals surface area contributed by atoms with Crippen molar-refractivity contribution in [1.29, 1.82) is 0 Å². The summed E-state index contributed by atoms with van der Waals surface area (Å²) in [5.41, 5.74) is 7.51. The average molecular weight is 260 g/mol. The maximum absolute atomic E-state index is 11.6. The predicted octanol–water partition coefficient (Wildman–Crippen LogP) is 2.08. The summed E-state index contributed by atoms with van der Waals surface area (Å²) in [6.45, 7) is 3.14. The number of amides is 1. The lowest BCUT2D eigenvalue weighted by atomic mass is 10.1. The lowest BCUT2D eigenvalue weighted by Gasteiger charge is -2.08. The molecule has 19 heavy (non-hydrogen) atoms. The smallest absolute Gasteiger partial charge is 0.220 e. The van der Waals surface area contributed by atoms with Gasteiger partial charge in [0.2, 0.25) is 5.91 Å². The standard InChI is InChI=1S/C15H20N2O2/c1-11(9-16)8-15(18)17-7-6-12-10-19-14-5-3-2-4-13(12)14/h2-5,10-11H,6-9,16H2,1H3,(H,17,18). The molecular formula is C15H20N2O2. The van der Waals surface area contributed by atoms with Crippen LogP contribution in [0.4, 0.5) is 0 Å². The van der Waals surface area contributed by atoms with Crippen LogP contribution >= 0.6 is 0 Å². The molecule has 0 aliphatic heterocycles. The van der Waals surface area contributed by atoms with Gasteiger partial charge in [-0.2, -0.15) is 0 Å². The molecule has 1 aromatic carbocycles. The number of carbonyl (C=O) groups is 1. The van der Waals surface area contributed by atoms with Crippen LogP contribution in [0.25, 0.3) is 11.0 Å². The lowest BCUT2D eigenvalue weighted by Crippen LogP contribution is -2.28. The number of carbonyl (C=O) groups excluding carboxylic acids is 1. The summed E-state index contributed by atoms with van der Waals surface area (Å²) >= 11 is 0. The number of nitrogens with one attached hydrogen (secondary N) is 1. The normalized spacial score (nSPS) is 12.5. The third kappa shape index (κ3) is 3.58. The molecule has 0 spiro atoms. The van der Waals surface area contributed by atoms with Crippen molar-refractivity contribution < 1.29 is 9.21 Å². The van der Waals surface area contributed by atoms with Gasteiger partial charge in [-0.05, 0) is 30.5 Å². The van der Waals surface area contributed by atoms with Crippen molar-refractivity contribution in [3.8, 4) is 0 Å². The van der Waals surface area contributed by atoms with E-state index in [9.17, 15) is 4.79 Å². The second-order valence-corrected chi connectivity index (χ2v) is 4.90. The van der Waals surface area contributed by atoms with E-state index < -0.39 is 0 Å². The largest absolute Gasteiger partial charge is 0.464 e. The van der Waals surface area contributed by atoms with E-state index in [1.54, 1.807) is 6.26 Å². The van der Waals surface area contributed by atoms with Crippen LogP contribution in [0.2, 0.25) is 0 Å². The topological polar surface area (TPSA) is 68.3 Å². The van der Waals surface area contributed by atoms with Gasteiger partial charge in [-0.3, -0.25) is 4.79 Å². The van der Waals surface area contributed by atoms with Crippen molar-refractivity contribution in [2.75, 3.05) is 13.1 Å². The van der Waals surface area contributed by atoms with E-state index in [4.69, 9.17) is 10.2 Å². The summed E-state index contributed by atoms with van der Waals surface area (Å²) in [6.07, 6.45) is 3.03. The average Bonchev–Trinajstić information content (AvgIpc) is 2.82. The molecule has 1 unspecified atom stereocenters. The van der Waals surface area contributed by atoms with E-state index in [-0.39, 0.29) is 11.8 Å². The summed E-state index contributed by atoms with van der Waals surface area (Å²) in [5.74, 6) is 0.292. The van der Waals surface area contributed by atoms with Crippen LogP contribution in [0.1, 0.15) is 18.9 Å². The quantitative estimate of drug-likeness (QED) is 0.835. The maximum atomic E-state index is 11.6. The Labute approximate surface area is 113 Å². The second kappa shape index (κ2) is 6.38. The predicted molar refractivity (Wildman–Crippen MR) is 75.8 cm³/mol. The van der Waals surface area contributed by atoms with E-state index in [1.807, 2.05) is 31.2 Å². The number of benzene rings is 1. The molecule has 3 N–H and O–H groups in total. The molecule has 0 aliphatic carbocycles. The lowest BCUT2D eigenvalue weighted by molar-refractivity contribution is -0.121. The Morgan fingerprint density at radius 3 is 3.00 bits per heavy atom. The minimum absolute atomic E-state index is 0.0609. The molecule has 1 aromatic heterocycles. The number of hydrogen-bond acceptors (Lipinski definition) is 3. The highest BCUT2D eigenvalue weighted by Gasteiger charge is 2.08. The summed E-state index contributed by atoms with van der Waals surface area (Å²) in [7, 11) is 0. The van der Waals surface area contributed by atoms with E-state index in [0.29, 0.717) is 19.5 Å². The first-order valence-electron chi connectivity index (χ1n) is 6.62. The zero-order valence-electron chi connectivity index (χ0n) is 11.2. The number of furan rings is 1. The Morgan fingerprint density at radius 2 is 2.21 bits per heavy atom. The summed E-state index contributed by atoms with van der Waals surface area (Å²) < 4.78 is 5.46. The van der Waals surface area contributed by atoms with Gasteiger partial charge in [-0.1, -0.05) is 25.1 Å². The molecular weight excluding hydrogens is 240 g/mol. The number of rotatable bonds is 6. The minimum atomic E-state index is 0.0609. The molecule has 0 bridgehead atoms. The number of para-hydroxylation sites is 1. The highest BCUT2D eigenvalue weighted by molar-refractivity contribution is 5.81. The van der Waals surface area contributed by atoms with Crippen molar-refractivity contribution in [2.24, 2.45) is 11.7 Å². The SMILES string of the molecule is CC(CN)CC(=O)NCCc1coc2ccccc12. The van der Waals surface area contributed by atoms with Crippen LogP contribution in [0.3, 0.4) is 0 Å². The Bertz CT molecular complexity index is 548. The maximum Gasteiger partial charge on any atom is 0.220 e. The summed E-state index contributed by atoms with van der Waals surface area (Å²) in [6, 6.07) is 7.92. The monoisotopic (exact) mass is 260 g/mol. The van der Waals surface area contributed by atoms with Gasteiger partial charge in [0.1, 0.15) is 5.58 Å². The Kier molecular flexibility index (Phi) is 4.58. The molecule has 2 aromatic rings. The van der Waals surface area contributed by atoms with Crippen LogP contribution in [0, 0.1) is 5.92 Å². The van der Waals surface area contributed by atoms with Gasteiger partial charge in [-0.25, -0.2) is 0 Å². The van der Waals surface area contributed by atoms with Gasteiger partial charge >= 0.3 is 0 Å². The molecule has 0 saturated heterocycles. The first kappa shape index (κ1) is 13.6. The summed E-state index contributed by atoms with van der Waals surface area (Å²) in [4.78, 5) is 11.6. The molecule has 4 nitrogen and oxygen atoms in total. The fraction of sp³-hybridized carbons (Fsp3) is 0.400. The van der Waals surface area contributed by atoms with Gasteiger partial charge in [0, 0.05) is 18.4 Å². The number of nitrogens with two attached hydrogens (primary N) is 1. The highest BCUT2D eigenvalue weighted by atomic mass is 16.3. The van der Waals surface area contributed by atoms with Crippen LogP contribution < -0.4 is 11.1 Å². The highest BCUT2D eigenvalue weighted by Crippen LogP contribution is 2.20. The van der Waals surface area contributed by atoms with E-state index in [2.05, 4.69) is 5.32 Å². The van der Waals surface area contributed by atoms with Crippen LogP contribution in [0.15, 0.2) is 34.9 Å². The van der Waals surface area contributed by atoms with Gasteiger partial charge in [-0.15, -0.1) is 0 Å². The van der Waals surface area contributed by atoms with Crippen molar-refractivity contribution in [1.82, 2.24) is 5.32 Å². The molecule has 1 amide bonds. The van der Waals surface area contributed by atoms with Crippen molar-refractivity contribution in [2.45, 2.75) is 19.8 Å². The van der Waals surface area contributed by atoms with Gasteiger partial charge in [0.15, 0.2) is 0 Å². The zero-order chi connectivity index (χ0) is 13.7. The molecule has 2 rings (SSSR count). The molecule has 1 heterocycles. The third-order valence-corrected chi connectivity index (χ3v) is 3.21. The van der Waals surface area contributed by atoms with Gasteiger partial charge in [0.05, 0.1) is 6.26 Å². The van der Waals surface area contributed by atoms with Gasteiger partial charge < -0.3 is 15.5 Å². The van der Waals surface area contributed by atoms with E-state index >= 15 is 0 Å². The molecule has 0 radical (unpaired) electrons. The van der Waals surface area contributed by atoms with E-state index in [0.717, 1.165) is 23.0 Å². The van der Waals surface area contributed by atoms with Crippen molar-refractivity contribution >= 4 is 16.9 Å². The fourth-order valence-corrected chi connectivity index (χ4v) is 2.03. The van der Waals surface area contributed by atoms with Crippen LogP contribution in [0.5, 0.6) is 0 Å². The number of hydrogen-bond donors (Lipinski definition) is 2. The minimum Gasteiger partial charge on any atom is -0.464 e. The Balaban J connectivity index is 1.84. The second-order valence-electron chi connectivity index (χ2n) is 4.90. The molecule has 0 saturated carbocycles. The molecule has 0 aliphatic rings. The Hall–Kier alpha value is -1.81. The third-order valence-electron chi connectivity index (χ3n) is 3.21.